The number of aliphatic hydroxyl groups is 3. The maximum Gasteiger partial charge on any atom is 1.00 e. The fourth-order valence-corrected chi connectivity index (χ4v) is 3.76. The van der Waals surface area contributed by atoms with Gasteiger partial charge in [-0.1, -0.05) is 57.1 Å². The second kappa shape index (κ2) is 19.6. The normalized spacial score (nSPS) is 16.9. The number of cyclic esters (lactones) is 1. The van der Waals surface area contributed by atoms with E-state index in [9.17, 15) is 24.9 Å². The minimum absolute atomic E-state index is 0. The van der Waals surface area contributed by atoms with E-state index in [-0.39, 0.29) is 36.0 Å². The maximum absolute atomic E-state index is 11.5. The molecule has 3 N–H and O–H groups in total. The summed E-state index contributed by atoms with van der Waals surface area (Å²) >= 11 is 0. The van der Waals surface area contributed by atoms with Crippen LogP contribution in [0.1, 0.15) is 96.3 Å². The molecule has 0 saturated heterocycles. The molecular formula is C24H39NaO7. The van der Waals surface area contributed by atoms with Crippen molar-refractivity contribution < 1.29 is 64.3 Å². The number of aliphatic carboxylic acids is 1. The van der Waals surface area contributed by atoms with Gasteiger partial charge in [-0.25, -0.2) is 4.79 Å². The van der Waals surface area contributed by atoms with Crippen LogP contribution >= 0.6 is 0 Å². The average Bonchev–Trinajstić information content (AvgIpc) is 3.03. The van der Waals surface area contributed by atoms with Gasteiger partial charge in [-0.3, -0.25) is 0 Å². The van der Waals surface area contributed by atoms with Crippen LogP contribution in [0.25, 0.3) is 0 Å². The minimum atomic E-state index is -1.20. The van der Waals surface area contributed by atoms with Crippen LogP contribution < -0.4 is 34.7 Å². The van der Waals surface area contributed by atoms with Crippen LogP contribution in [0.4, 0.5) is 0 Å². The van der Waals surface area contributed by atoms with Gasteiger partial charge in [0.15, 0.2) is 6.10 Å². The van der Waals surface area contributed by atoms with Gasteiger partial charge in [0.1, 0.15) is 6.10 Å². The van der Waals surface area contributed by atoms with E-state index in [2.05, 4.69) is 12.2 Å². The summed E-state index contributed by atoms with van der Waals surface area (Å²) in [6.07, 6.45) is 16.6. The molecule has 1 aliphatic heterocycles. The third kappa shape index (κ3) is 13.6. The first-order chi connectivity index (χ1) is 15.0. The van der Waals surface area contributed by atoms with Crippen LogP contribution in [0.15, 0.2) is 23.5 Å². The van der Waals surface area contributed by atoms with Crippen molar-refractivity contribution in [2.45, 2.75) is 109 Å². The number of hydrogen-bond acceptors (Lipinski definition) is 7. The fraction of sp³-hybridized carbons (Fsp3) is 0.750. The predicted octanol–water partition coefficient (Wildman–Crippen LogP) is 0.239. The molecule has 0 bridgehead atoms. The first-order valence-corrected chi connectivity index (χ1v) is 11.7. The van der Waals surface area contributed by atoms with Crippen LogP contribution in [-0.2, 0) is 14.3 Å². The van der Waals surface area contributed by atoms with Crippen molar-refractivity contribution in [3.63, 3.8) is 0 Å². The zero-order valence-electron chi connectivity index (χ0n) is 19.6. The zero-order chi connectivity index (χ0) is 22.9. The van der Waals surface area contributed by atoms with E-state index in [0.717, 1.165) is 70.6 Å². The Morgan fingerprint density at radius 3 is 1.97 bits per heavy atom. The second-order valence-electron chi connectivity index (χ2n) is 8.26. The van der Waals surface area contributed by atoms with Crippen LogP contribution in [0, 0.1) is 0 Å². The Kier molecular flexibility index (Phi) is 19.1. The van der Waals surface area contributed by atoms with Gasteiger partial charge < -0.3 is 30.0 Å². The van der Waals surface area contributed by atoms with Gasteiger partial charge in [-0.05, 0) is 51.4 Å². The first-order valence-electron chi connectivity index (χ1n) is 11.7. The van der Waals surface area contributed by atoms with Gasteiger partial charge >= 0.3 is 35.5 Å². The number of rotatable bonds is 19. The summed E-state index contributed by atoms with van der Waals surface area (Å²) in [5, 5.41) is 38.9. The van der Waals surface area contributed by atoms with E-state index in [1.165, 1.54) is 12.8 Å². The Balaban J connectivity index is 0.00000961. The van der Waals surface area contributed by atoms with Crippen molar-refractivity contribution in [2.24, 2.45) is 0 Å². The molecule has 0 saturated carbocycles. The Morgan fingerprint density at radius 2 is 1.44 bits per heavy atom. The molecule has 0 unspecified atom stereocenters. The molecule has 1 aliphatic rings. The van der Waals surface area contributed by atoms with Gasteiger partial charge in [0.05, 0.1) is 6.61 Å². The zero-order valence-corrected chi connectivity index (χ0v) is 21.6. The molecule has 0 aromatic heterocycles. The quantitative estimate of drug-likeness (QED) is 0.109. The molecule has 32 heavy (non-hydrogen) atoms. The Labute approximate surface area is 214 Å². The molecule has 2 atom stereocenters. The number of carbonyl (C=O) groups excluding carboxylic acids is 2. The number of unbranched alkanes of at least 4 members (excludes halogenated alkanes) is 11. The van der Waals surface area contributed by atoms with Crippen LogP contribution in [-0.4, -0.2) is 46.1 Å². The third-order valence-corrected chi connectivity index (χ3v) is 5.60. The SMILES string of the molecule is O=C([O-])CCCCCCC/C=C\CCCCCCCCC1=C(O)C(=O)O[C@H]1[C@@H](O)CO.[Na+]. The average molecular weight is 463 g/mol. The molecule has 0 amide bonds. The number of carboxylic acid groups (broad SMARTS) is 1. The summed E-state index contributed by atoms with van der Waals surface area (Å²) in [7, 11) is 0. The number of ether oxygens (including phenoxy) is 1. The smallest absolute Gasteiger partial charge is 0.550 e. The van der Waals surface area contributed by atoms with E-state index in [0.29, 0.717) is 12.0 Å². The molecular weight excluding hydrogens is 423 g/mol. The number of hydrogen-bond donors (Lipinski definition) is 3. The van der Waals surface area contributed by atoms with Crippen molar-refractivity contribution in [2.75, 3.05) is 6.61 Å². The monoisotopic (exact) mass is 462 g/mol. The van der Waals surface area contributed by atoms with E-state index in [1.54, 1.807) is 0 Å². The van der Waals surface area contributed by atoms with Gasteiger partial charge in [-0.2, -0.15) is 0 Å². The fourth-order valence-electron chi connectivity index (χ4n) is 3.76. The van der Waals surface area contributed by atoms with Gasteiger partial charge in [0.25, 0.3) is 0 Å². The standard InChI is InChI=1S/C24H40O7.Na/c25-18-20(26)23-19(22(29)24(30)31-23)16-14-12-10-8-6-4-2-1-3-5-7-9-11-13-15-17-21(27)28;/h1,3,20,23,25-26,29H,2,4-18H2,(H,27,28);/q;+1/p-1/b3-1-;/t20-,23+;/m0./s1. The van der Waals surface area contributed by atoms with E-state index in [1.807, 2.05) is 0 Å². The summed E-state index contributed by atoms with van der Waals surface area (Å²) in [5.41, 5.74) is 0.397. The van der Waals surface area contributed by atoms with Gasteiger partial charge in [-0.15, -0.1) is 0 Å². The molecule has 0 aromatic rings. The van der Waals surface area contributed by atoms with Crippen molar-refractivity contribution >= 4 is 11.9 Å². The summed E-state index contributed by atoms with van der Waals surface area (Å²) in [5.74, 6) is -2.19. The largest absolute Gasteiger partial charge is 1.00 e. The number of esters is 1. The molecule has 7 nitrogen and oxygen atoms in total. The molecule has 1 heterocycles. The minimum Gasteiger partial charge on any atom is -0.550 e. The molecule has 0 spiro atoms. The number of carbonyl (C=O) groups is 2. The summed E-state index contributed by atoms with van der Waals surface area (Å²) in [4.78, 5) is 21.8. The Morgan fingerprint density at radius 1 is 0.938 bits per heavy atom. The molecule has 0 fully saturated rings. The summed E-state index contributed by atoms with van der Waals surface area (Å²) in [6, 6.07) is 0. The number of aliphatic hydroxyl groups excluding tert-OH is 3. The number of carboxylic acids is 1. The molecule has 0 aliphatic carbocycles. The topological polar surface area (TPSA) is 127 Å². The number of allylic oxidation sites excluding steroid dienone is 2. The molecule has 0 radical (unpaired) electrons. The van der Waals surface area contributed by atoms with Crippen LogP contribution in [0.3, 0.4) is 0 Å². The molecule has 0 aromatic carbocycles. The Hall–Kier alpha value is -0.860. The predicted molar refractivity (Wildman–Crippen MR) is 116 cm³/mol. The van der Waals surface area contributed by atoms with Gasteiger partial charge in [0, 0.05) is 11.5 Å². The van der Waals surface area contributed by atoms with Crippen molar-refractivity contribution in [1.82, 2.24) is 0 Å². The summed E-state index contributed by atoms with van der Waals surface area (Å²) < 4.78 is 4.93. The van der Waals surface area contributed by atoms with Crippen molar-refractivity contribution in [1.29, 1.82) is 0 Å². The third-order valence-electron chi connectivity index (χ3n) is 5.60. The summed E-state index contributed by atoms with van der Waals surface area (Å²) in [6.45, 7) is -0.518. The van der Waals surface area contributed by atoms with E-state index < -0.39 is 36.5 Å². The van der Waals surface area contributed by atoms with Gasteiger partial charge in [0.2, 0.25) is 5.76 Å². The molecule has 1 rings (SSSR count). The first kappa shape index (κ1) is 31.1. The Bertz CT molecular complexity index is 589. The van der Waals surface area contributed by atoms with Crippen LogP contribution in [0.2, 0.25) is 0 Å². The van der Waals surface area contributed by atoms with E-state index in [4.69, 9.17) is 9.84 Å². The molecule has 8 heteroatoms. The maximum atomic E-state index is 11.5. The van der Waals surface area contributed by atoms with Crippen molar-refractivity contribution in [3.05, 3.63) is 23.5 Å². The second-order valence-corrected chi connectivity index (χ2v) is 8.26. The van der Waals surface area contributed by atoms with Crippen LogP contribution in [0.5, 0.6) is 0 Å². The van der Waals surface area contributed by atoms with Crippen molar-refractivity contribution in [3.8, 4) is 0 Å². The molecule has 178 valence electrons. The van der Waals surface area contributed by atoms with E-state index >= 15 is 0 Å².